The Kier molecular flexibility index (Phi) is 6.46. The third kappa shape index (κ3) is 4.72. The maximum absolute atomic E-state index is 13.2. The normalized spacial score (nSPS) is 11.3. The predicted octanol–water partition coefficient (Wildman–Crippen LogP) is 4.74. The lowest BCUT2D eigenvalue weighted by atomic mass is 10.1. The number of carbonyl (C=O) groups is 1. The van der Waals surface area contributed by atoms with Crippen molar-refractivity contribution in [3.63, 3.8) is 0 Å². The molecule has 9 heteroatoms. The van der Waals surface area contributed by atoms with Crippen molar-refractivity contribution in [2.24, 2.45) is 0 Å². The second-order valence-corrected chi connectivity index (χ2v) is 8.06. The monoisotopic (exact) mass is 427 g/mol. The van der Waals surface area contributed by atoms with Gasteiger partial charge in [-0.15, -0.1) is 0 Å². The highest BCUT2D eigenvalue weighted by Gasteiger charge is 2.15. The summed E-state index contributed by atoms with van der Waals surface area (Å²) in [5, 5.41) is 13.0. The van der Waals surface area contributed by atoms with Crippen molar-refractivity contribution in [2.75, 3.05) is 11.1 Å². The molecule has 0 saturated heterocycles. The van der Waals surface area contributed by atoms with Crippen molar-refractivity contribution in [3.8, 4) is 11.8 Å². The number of nitriles is 1. The Morgan fingerprint density at radius 2 is 2.10 bits per heavy atom. The molecule has 0 atom stereocenters. The van der Waals surface area contributed by atoms with Gasteiger partial charge in [-0.1, -0.05) is 18.7 Å². The highest BCUT2D eigenvalue weighted by molar-refractivity contribution is 7.99. The van der Waals surface area contributed by atoms with Crippen LogP contribution in [0.5, 0.6) is 0 Å². The smallest absolute Gasteiger partial charge is 0.268 e. The average Bonchev–Trinajstić information content (AvgIpc) is 3.24. The fraction of sp³-hybridized carbons (Fsp3) is 0.200. The van der Waals surface area contributed by atoms with Crippen molar-refractivity contribution in [3.05, 3.63) is 58.7 Å². The lowest BCUT2D eigenvalue weighted by Crippen LogP contribution is -2.13. The van der Waals surface area contributed by atoms with Gasteiger partial charge in [-0.2, -0.15) is 14.6 Å². The van der Waals surface area contributed by atoms with E-state index in [2.05, 4.69) is 14.7 Å². The molecular weight excluding hydrogens is 409 g/mol. The first-order chi connectivity index (χ1) is 13.9. The lowest BCUT2D eigenvalue weighted by molar-refractivity contribution is -0.112. The fourth-order valence-corrected chi connectivity index (χ4v) is 4.10. The summed E-state index contributed by atoms with van der Waals surface area (Å²) < 4.78 is 19.3. The number of nitrogens with zero attached hydrogens (tertiary/aromatic N) is 4. The molecule has 0 saturated carbocycles. The van der Waals surface area contributed by atoms with Crippen LogP contribution in [0.3, 0.4) is 0 Å². The average molecular weight is 428 g/mol. The largest absolute Gasteiger partial charge is 0.318 e. The van der Waals surface area contributed by atoms with Crippen molar-refractivity contribution < 1.29 is 9.18 Å². The molecule has 1 aromatic carbocycles. The van der Waals surface area contributed by atoms with Crippen LogP contribution in [-0.2, 0) is 4.79 Å². The Morgan fingerprint density at radius 3 is 2.76 bits per heavy atom. The quantitative estimate of drug-likeness (QED) is 0.349. The van der Waals surface area contributed by atoms with Gasteiger partial charge >= 0.3 is 0 Å². The van der Waals surface area contributed by atoms with E-state index in [1.54, 1.807) is 18.2 Å². The van der Waals surface area contributed by atoms with E-state index in [9.17, 15) is 14.4 Å². The second kappa shape index (κ2) is 9.03. The molecule has 2 heterocycles. The fourth-order valence-electron chi connectivity index (χ4n) is 2.84. The van der Waals surface area contributed by atoms with Gasteiger partial charge in [0.05, 0.1) is 0 Å². The molecule has 148 valence electrons. The van der Waals surface area contributed by atoms with E-state index in [0.29, 0.717) is 10.3 Å². The van der Waals surface area contributed by atoms with Crippen LogP contribution in [0.4, 0.5) is 9.52 Å². The van der Waals surface area contributed by atoms with E-state index in [1.165, 1.54) is 23.9 Å². The number of thioether (sulfide) groups is 1. The summed E-state index contributed by atoms with van der Waals surface area (Å²) in [4.78, 5) is 16.7. The van der Waals surface area contributed by atoms with Crippen LogP contribution in [0.1, 0.15) is 23.9 Å². The lowest BCUT2D eigenvalue weighted by Gasteiger charge is -2.09. The maximum Gasteiger partial charge on any atom is 0.268 e. The van der Waals surface area contributed by atoms with Gasteiger partial charge in [0.2, 0.25) is 10.3 Å². The molecule has 0 aliphatic heterocycles. The van der Waals surface area contributed by atoms with E-state index in [4.69, 9.17) is 0 Å². The zero-order valence-electron chi connectivity index (χ0n) is 16.1. The number of hydrogen-bond acceptors (Lipinski definition) is 6. The van der Waals surface area contributed by atoms with Crippen molar-refractivity contribution >= 4 is 40.4 Å². The first kappa shape index (κ1) is 20.8. The molecule has 0 unspecified atom stereocenters. The summed E-state index contributed by atoms with van der Waals surface area (Å²) in [6.45, 7) is 5.78. The minimum absolute atomic E-state index is 0.0377. The molecule has 0 aliphatic carbocycles. The molecule has 0 fully saturated rings. The summed E-state index contributed by atoms with van der Waals surface area (Å²) in [6.07, 6.45) is 1.54. The summed E-state index contributed by atoms with van der Waals surface area (Å²) in [5.41, 5.74) is 3.25. The van der Waals surface area contributed by atoms with E-state index >= 15 is 0 Å². The van der Waals surface area contributed by atoms with Crippen LogP contribution in [0.25, 0.3) is 11.8 Å². The van der Waals surface area contributed by atoms with Gasteiger partial charge < -0.3 is 4.57 Å². The van der Waals surface area contributed by atoms with Gasteiger partial charge in [-0.05, 0) is 61.6 Å². The number of hydrogen-bond donors (Lipinski definition) is 1. The van der Waals surface area contributed by atoms with Gasteiger partial charge in [-0.3, -0.25) is 10.1 Å². The van der Waals surface area contributed by atoms with Gasteiger partial charge in [0, 0.05) is 28.6 Å². The van der Waals surface area contributed by atoms with Gasteiger partial charge in [-0.25, -0.2) is 4.39 Å². The number of anilines is 1. The molecule has 2 aromatic heterocycles. The van der Waals surface area contributed by atoms with Gasteiger partial charge in [0.25, 0.3) is 5.91 Å². The molecule has 0 spiro atoms. The van der Waals surface area contributed by atoms with Crippen LogP contribution < -0.4 is 5.32 Å². The number of benzene rings is 1. The number of aromatic nitrogens is 3. The molecule has 1 N–H and O–H groups in total. The third-order valence-corrected chi connectivity index (χ3v) is 5.60. The Balaban J connectivity index is 1.87. The highest BCUT2D eigenvalue weighted by atomic mass is 32.2. The summed E-state index contributed by atoms with van der Waals surface area (Å²) in [6, 6.07) is 9.98. The van der Waals surface area contributed by atoms with Crippen molar-refractivity contribution in [1.29, 1.82) is 5.26 Å². The SMILES string of the molecule is CCSc1nsc(NC(=O)/C(C#N)=C\c2cc(C)n(-c3ccc(F)cc3)c2C)n1. The number of halogens is 1. The Morgan fingerprint density at radius 1 is 1.38 bits per heavy atom. The van der Waals surface area contributed by atoms with Crippen LogP contribution in [0, 0.1) is 31.0 Å². The summed E-state index contributed by atoms with van der Waals surface area (Å²) >= 11 is 2.55. The molecule has 1 amide bonds. The van der Waals surface area contributed by atoms with Crippen LogP contribution in [0.15, 0.2) is 41.1 Å². The summed E-state index contributed by atoms with van der Waals surface area (Å²) in [7, 11) is 0. The van der Waals surface area contributed by atoms with Crippen LogP contribution in [-0.4, -0.2) is 25.6 Å². The highest BCUT2D eigenvalue weighted by Crippen LogP contribution is 2.24. The molecule has 3 rings (SSSR count). The number of carbonyl (C=O) groups excluding carboxylic acids is 1. The van der Waals surface area contributed by atoms with E-state index < -0.39 is 5.91 Å². The molecule has 6 nitrogen and oxygen atoms in total. The second-order valence-electron chi connectivity index (χ2n) is 6.08. The van der Waals surface area contributed by atoms with Crippen LogP contribution >= 0.6 is 23.3 Å². The Hall–Kier alpha value is -2.96. The standard InChI is InChI=1S/C20H18FN5OS2/c1-4-28-20-24-19(29-25-20)23-18(27)15(11-22)10-14-9-12(2)26(13(14)3)17-7-5-16(21)6-8-17/h5-10H,4H2,1-3H3,(H,23,24,25,27)/b15-10-. The van der Waals surface area contributed by atoms with E-state index in [-0.39, 0.29) is 11.4 Å². The van der Waals surface area contributed by atoms with Gasteiger partial charge in [0.15, 0.2) is 0 Å². The number of nitrogens with one attached hydrogen (secondary N) is 1. The number of aryl methyl sites for hydroxylation is 1. The van der Waals surface area contributed by atoms with E-state index in [1.807, 2.05) is 37.5 Å². The Bertz CT molecular complexity index is 1110. The molecule has 0 bridgehead atoms. The summed E-state index contributed by atoms with van der Waals surface area (Å²) in [5.74, 6) is -0.0165. The molecule has 0 radical (unpaired) electrons. The zero-order chi connectivity index (χ0) is 21.0. The third-order valence-electron chi connectivity index (χ3n) is 4.12. The molecule has 29 heavy (non-hydrogen) atoms. The van der Waals surface area contributed by atoms with Crippen molar-refractivity contribution in [2.45, 2.75) is 25.9 Å². The topological polar surface area (TPSA) is 83.6 Å². The van der Waals surface area contributed by atoms with Crippen molar-refractivity contribution in [1.82, 2.24) is 13.9 Å². The van der Waals surface area contributed by atoms with Gasteiger partial charge in [0.1, 0.15) is 17.5 Å². The molecule has 0 aliphatic rings. The first-order valence-electron chi connectivity index (χ1n) is 8.77. The number of rotatable bonds is 6. The predicted molar refractivity (Wildman–Crippen MR) is 114 cm³/mol. The number of amides is 1. The zero-order valence-corrected chi connectivity index (χ0v) is 17.7. The minimum atomic E-state index is -0.539. The molecular formula is C20H18FN5OS2. The van der Waals surface area contributed by atoms with Crippen LogP contribution in [0.2, 0.25) is 0 Å². The Labute approximate surface area is 176 Å². The maximum atomic E-state index is 13.2. The minimum Gasteiger partial charge on any atom is -0.318 e. The van der Waals surface area contributed by atoms with E-state index in [0.717, 1.165) is 39.9 Å². The molecule has 3 aromatic rings. The first-order valence-corrected chi connectivity index (χ1v) is 10.5.